The van der Waals surface area contributed by atoms with Crippen molar-refractivity contribution in [3.8, 4) is 0 Å². The largest absolute Gasteiger partial charge is 0.367 e. The van der Waals surface area contributed by atoms with E-state index >= 15 is 0 Å². The highest BCUT2D eigenvalue weighted by Crippen LogP contribution is 2.33. The average Bonchev–Trinajstić information content (AvgIpc) is 2.67. The third-order valence-electron chi connectivity index (χ3n) is 5.63. The van der Waals surface area contributed by atoms with E-state index in [2.05, 4.69) is 21.2 Å². The zero-order valence-electron chi connectivity index (χ0n) is 16.7. The Bertz CT molecular complexity index is 794. The highest BCUT2D eigenvalue weighted by atomic mass is 15.2. The first-order valence-electron chi connectivity index (χ1n) is 10.3. The fourth-order valence-electron chi connectivity index (χ4n) is 4.38. The van der Waals surface area contributed by atoms with Gasteiger partial charge >= 0.3 is 0 Å². The lowest BCUT2D eigenvalue weighted by atomic mass is 10.0. The molecule has 1 aromatic carbocycles. The molecule has 156 valence electrons. The summed E-state index contributed by atoms with van der Waals surface area (Å²) in [5.74, 6) is 0.798. The molecule has 4 unspecified atom stereocenters. The van der Waals surface area contributed by atoms with Gasteiger partial charge in [-0.15, -0.1) is 0 Å². The van der Waals surface area contributed by atoms with Crippen LogP contribution in [0.4, 0.5) is 22.9 Å². The molecule has 2 aliphatic rings. The molecule has 2 aromatic rings. The SMILES string of the molecule is NC1CC(N)CN(c2cnc(Nc3ccccc3)c(N3CC(N)CC(N)C3)c2)C1. The lowest BCUT2D eigenvalue weighted by Crippen LogP contribution is -2.53. The van der Waals surface area contributed by atoms with E-state index in [9.17, 15) is 0 Å². The number of rotatable bonds is 4. The predicted octanol–water partition coefficient (Wildman–Crippen LogP) is 0.555. The number of pyridine rings is 1. The second-order valence-corrected chi connectivity index (χ2v) is 8.37. The van der Waals surface area contributed by atoms with Gasteiger partial charge in [0, 0.05) is 56.0 Å². The highest BCUT2D eigenvalue weighted by Gasteiger charge is 2.27. The molecule has 0 spiro atoms. The van der Waals surface area contributed by atoms with Crippen molar-refractivity contribution >= 4 is 22.9 Å². The number of nitrogens with zero attached hydrogens (tertiary/aromatic N) is 3. The van der Waals surface area contributed by atoms with Crippen molar-refractivity contribution in [3.05, 3.63) is 42.6 Å². The molecule has 2 aliphatic heterocycles. The highest BCUT2D eigenvalue weighted by molar-refractivity contribution is 5.75. The van der Waals surface area contributed by atoms with E-state index in [4.69, 9.17) is 27.9 Å². The minimum atomic E-state index is 0.0452. The van der Waals surface area contributed by atoms with Gasteiger partial charge in [-0.1, -0.05) is 18.2 Å². The fraction of sp³-hybridized carbons (Fsp3) is 0.476. The van der Waals surface area contributed by atoms with Crippen molar-refractivity contribution in [2.75, 3.05) is 41.3 Å². The topological polar surface area (TPSA) is 135 Å². The zero-order chi connectivity index (χ0) is 20.4. The van der Waals surface area contributed by atoms with Gasteiger partial charge in [0.25, 0.3) is 0 Å². The zero-order valence-corrected chi connectivity index (χ0v) is 16.7. The Morgan fingerprint density at radius 1 is 0.793 bits per heavy atom. The van der Waals surface area contributed by atoms with E-state index in [1.165, 1.54) is 0 Å². The van der Waals surface area contributed by atoms with E-state index in [1.807, 2.05) is 36.5 Å². The summed E-state index contributed by atoms with van der Waals surface area (Å²) in [7, 11) is 0. The summed E-state index contributed by atoms with van der Waals surface area (Å²) < 4.78 is 0. The van der Waals surface area contributed by atoms with Gasteiger partial charge in [0.2, 0.25) is 0 Å². The van der Waals surface area contributed by atoms with Crippen molar-refractivity contribution in [1.82, 2.24) is 4.98 Å². The maximum atomic E-state index is 6.27. The van der Waals surface area contributed by atoms with Crippen LogP contribution in [0.15, 0.2) is 42.6 Å². The summed E-state index contributed by atoms with van der Waals surface area (Å²) in [5.41, 5.74) is 28.0. The van der Waals surface area contributed by atoms with Gasteiger partial charge in [-0.2, -0.15) is 0 Å². The molecule has 0 radical (unpaired) electrons. The first-order chi connectivity index (χ1) is 14.0. The van der Waals surface area contributed by atoms with Crippen LogP contribution >= 0.6 is 0 Å². The van der Waals surface area contributed by atoms with Crippen molar-refractivity contribution in [2.24, 2.45) is 22.9 Å². The Morgan fingerprint density at radius 3 is 1.93 bits per heavy atom. The van der Waals surface area contributed by atoms with Crippen molar-refractivity contribution < 1.29 is 0 Å². The summed E-state index contributed by atoms with van der Waals surface area (Å²) in [4.78, 5) is 9.23. The quantitative estimate of drug-likeness (QED) is 0.506. The average molecular weight is 397 g/mol. The van der Waals surface area contributed by atoms with Crippen molar-refractivity contribution in [2.45, 2.75) is 37.0 Å². The molecule has 2 fully saturated rings. The Morgan fingerprint density at radius 2 is 1.34 bits per heavy atom. The van der Waals surface area contributed by atoms with Gasteiger partial charge in [-0.3, -0.25) is 0 Å². The van der Waals surface area contributed by atoms with Gasteiger partial charge in [0.05, 0.1) is 17.6 Å². The molecule has 29 heavy (non-hydrogen) atoms. The van der Waals surface area contributed by atoms with Crippen LogP contribution < -0.4 is 38.1 Å². The van der Waals surface area contributed by atoms with Crippen LogP contribution in [0, 0.1) is 0 Å². The molecule has 0 aliphatic carbocycles. The third-order valence-corrected chi connectivity index (χ3v) is 5.63. The molecule has 8 nitrogen and oxygen atoms in total. The molecule has 8 heteroatoms. The van der Waals surface area contributed by atoms with Crippen LogP contribution in [0.25, 0.3) is 0 Å². The Labute approximate surface area is 172 Å². The number of hydrogen-bond acceptors (Lipinski definition) is 8. The Kier molecular flexibility index (Phi) is 5.86. The standard InChI is InChI=1S/C21H32N8/c22-14-6-15(23)11-28(10-14)19-8-20(29-12-16(24)7-17(25)13-29)21(26-9-19)27-18-4-2-1-3-5-18/h1-5,8-9,14-17H,6-7,10-13,22-25H2,(H,26,27). The predicted molar refractivity (Wildman–Crippen MR) is 120 cm³/mol. The molecule has 0 saturated carbocycles. The number of para-hydroxylation sites is 1. The van der Waals surface area contributed by atoms with Crippen molar-refractivity contribution in [3.63, 3.8) is 0 Å². The number of nitrogens with two attached hydrogens (primary N) is 4. The minimum absolute atomic E-state index is 0.0452. The lowest BCUT2D eigenvalue weighted by Gasteiger charge is -2.39. The van der Waals surface area contributed by atoms with E-state index in [0.29, 0.717) is 0 Å². The molecule has 4 rings (SSSR count). The molecule has 4 atom stereocenters. The maximum absolute atomic E-state index is 6.27. The smallest absolute Gasteiger partial charge is 0.154 e. The van der Waals surface area contributed by atoms with Crippen LogP contribution in [0.1, 0.15) is 12.8 Å². The number of hydrogen-bond donors (Lipinski definition) is 5. The molecule has 0 amide bonds. The second-order valence-electron chi connectivity index (χ2n) is 8.37. The van der Waals surface area contributed by atoms with E-state index in [-0.39, 0.29) is 24.2 Å². The maximum Gasteiger partial charge on any atom is 0.154 e. The Balaban J connectivity index is 1.67. The molecule has 9 N–H and O–H groups in total. The summed E-state index contributed by atoms with van der Waals surface area (Å²) in [5, 5.41) is 3.44. The Hall–Kier alpha value is -2.39. The second kappa shape index (κ2) is 8.54. The van der Waals surface area contributed by atoms with E-state index < -0.39 is 0 Å². The number of nitrogens with one attached hydrogen (secondary N) is 1. The van der Waals surface area contributed by atoms with Gasteiger partial charge in [0.1, 0.15) is 0 Å². The summed E-state index contributed by atoms with van der Waals surface area (Å²) in [6.45, 7) is 3.06. The first-order valence-corrected chi connectivity index (χ1v) is 10.3. The van der Waals surface area contributed by atoms with Gasteiger partial charge < -0.3 is 38.1 Å². The summed E-state index contributed by atoms with van der Waals surface area (Å²) >= 11 is 0. The molecular formula is C21H32N8. The van der Waals surface area contributed by atoms with Crippen LogP contribution in [0.2, 0.25) is 0 Å². The minimum Gasteiger partial charge on any atom is -0.367 e. The third kappa shape index (κ3) is 4.79. The summed E-state index contributed by atoms with van der Waals surface area (Å²) in [6, 6.07) is 12.4. The van der Waals surface area contributed by atoms with Crippen LogP contribution in [0.5, 0.6) is 0 Å². The molecule has 1 aromatic heterocycles. The number of piperidine rings is 2. The summed E-state index contributed by atoms with van der Waals surface area (Å²) in [6.07, 6.45) is 3.57. The lowest BCUT2D eigenvalue weighted by molar-refractivity contribution is 0.449. The molecular weight excluding hydrogens is 364 g/mol. The van der Waals surface area contributed by atoms with Crippen LogP contribution in [-0.4, -0.2) is 55.3 Å². The van der Waals surface area contributed by atoms with Crippen molar-refractivity contribution in [1.29, 1.82) is 0 Å². The monoisotopic (exact) mass is 396 g/mol. The van der Waals surface area contributed by atoms with Gasteiger partial charge in [0.15, 0.2) is 5.82 Å². The molecule has 0 bridgehead atoms. The van der Waals surface area contributed by atoms with Crippen LogP contribution in [0.3, 0.4) is 0 Å². The van der Waals surface area contributed by atoms with Gasteiger partial charge in [-0.25, -0.2) is 4.98 Å². The number of anilines is 4. The normalized spacial score (nSPS) is 27.7. The number of aromatic nitrogens is 1. The number of benzene rings is 1. The van der Waals surface area contributed by atoms with E-state index in [0.717, 1.165) is 61.9 Å². The van der Waals surface area contributed by atoms with Crippen LogP contribution in [-0.2, 0) is 0 Å². The fourth-order valence-corrected chi connectivity index (χ4v) is 4.38. The van der Waals surface area contributed by atoms with E-state index in [1.54, 1.807) is 0 Å². The first kappa shape index (κ1) is 19.9. The van der Waals surface area contributed by atoms with Gasteiger partial charge in [-0.05, 0) is 31.0 Å². The molecule has 3 heterocycles. The molecule has 2 saturated heterocycles.